The van der Waals surface area contributed by atoms with Crippen LogP contribution in [0.25, 0.3) is 0 Å². The summed E-state index contributed by atoms with van der Waals surface area (Å²) in [5.41, 5.74) is 1.94. The summed E-state index contributed by atoms with van der Waals surface area (Å²) in [7, 11) is 0. The van der Waals surface area contributed by atoms with Gasteiger partial charge in [-0.3, -0.25) is 0 Å². The lowest BCUT2D eigenvalue weighted by atomic mass is 10.0. The second-order valence-corrected chi connectivity index (χ2v) is 3.30. The van der Waals surface area contributed by atoms with Crippen LogP contribution in [0.1, 0.15) is 18.4 Å². The maximum atomic E-state index is 8.81. The number of para-hydroxylation sites is 1. The molecule has 1 aliphatic rings. The molecule has 2 nitrogen and oxygen atoms in total. The molecule has 0 N–H and O–H groups in total. The average Bonchev–Trinajstić information content (AvgIpc) is 2.16. The number of ether oxygens (including phenoxy) is 1. The lowest BCUT2D eigenvalue weighted by molar-refractivity contribution is 0.341. The number of allylic oxidation sites excluding steroid dienone is 1. The molecule has 0 atom stereocenters. The molecule has 0 unspecified atom stereocenters. The molecule has 0 aliphatic heterocycles. The molecule has 1 aliphatic carbocycles. The van der Waals surface area contributed by atoms with Crippen molar-refractivity contribution in [2.75, 3.05) is 6.61 Å². The van der Waals surface area contributed by atoms with Gasteiger partial charge in [0.05, 0.1) is 5.56 Å². The van der Waals surface area contributed by atoms with Crippen LogP contribution in [-0.2, 0) is 0 Å². The Kier molecular flexibility index (Phi) is 2.51. The third-order valence-corrected chi connectivity index (χ3v) is 2.32. The molecule has 0 saturated carbocycles. The third-order valence-electron chi connectivity index (χ3n) is 2.32. The van der Waals surface area contributed by atoms with E-state index >= 15 is 0 Å². The monoisotopic (exact) mass is 185 g/mol. The molecule has 0 heterocycles. The first kappa shape index (κ1) is 8.83. The van der Waals surface area contributed by atoms with Gasteiger partial charge in [0.15, 0.2) is 0 Å². The fourth-order valence-electron chi connectivity index (χ4n) is 1.33. The maximum absolute atomic E-state index is 8.81. The molecule has 0 fully saturated rings. The molecule has 0 aromatic heterocycles. The number of benzene rings is 1. The maximum Gasteiger partial charge on any atom is 0.137 e. The summed E-state index contributed by atoms with van der Waals surface area (Å²) in [6, 6.07) is 9.43. The van der Waals surface area contributed by atoms with Gasteiger partial charge in [0.1, 0.15) is 18.4 Å². The summed E-state index contributed by atoms with van der Waals surface area (Å²) < 4.78 is 5.54. The van der Waals surface area contributed by atoms with Crippen LogP contribution in [0.5, 0.6) is 5.75 Å². The SMILES string of the molecule is N#Cc1ccccc1OCC1=CCC1. The van der Waals surface area contributed by atoms with E-state index in [1.165, 1.54) is 12.0 Å². The zero-order valence-corrected chi connectivity index (χ0v) is 7.86. The van der Waals surface area contributed by atoms with Gasteiger partial charge in [-0.1, -0.05) is 18.2 Å². The molecule has 0 radical (unpaired) electrons. The van der Waals surface area contributed by atoms with Crippen molar-refractivity contribution in [3.63, 3.8) is 0 Å². The van der Waals surface area contributed by atoms with E-state index in [1.807, 2.05) is 18.2 Å². The highest BCUT2D eigenvalue weighted by atomic mass is 16.5. The summed E-state index contributed by atoms with van der Waals surface area (Å²) in [5, 5.41) is 8.81. The van der Waals surface area contributed by atoms with Gasteiger partial charge in [0.2, 0.25) is 0 Å². The Morgan fingerprint density at radius 3 is 2.79 bits per heavy atom. The number of nitriles is 1. The molecule has 70 valence electrons. The van der Waals surface area contributed by atoms with Gasteiger partial charge in [0, 0.05) is 0 Å². The first-order valence-electron chi connectivity index (χ1n) is 4.70. The van der Waals surface area contributed by atoms with E-state index in [2.05, 4.69) is 12.1 Å². The highest BCUT2D eigenvalue weighted by Crippen LogP contribution is 2.21. The van der Waals surface area contributed by atoms with Crippen molar-refractivity contribution in [2.45, 2.75) is 12.8 Å². The lowest BCUT2D eigenvalue weighted by Gasteiger charge is -2.15. The Labute approximate surface area is 83.4 Å². The number of rotatable bonds is 3. The largest absolute Gasteiger partial charge is 0.488 e. The van der Waals surface area contributed by atoms with Crippen LogP contribution >= 0.6 is 0 Å². The normalized spacial score (nSPS) is 13.8. The Morgan fingerprint density at radius 1 is 1.36 bits per heavy atom. The van der Waals surface area contributed by atoms with E-state index in [9.17, 15) is 0 Å². The van der Waals surface area contributed by atoms with E-state index in [4.69, 9.17) is 10.00 Å². The number of hydrogen-bond donors (Lipinski definition) is 0. The van der Waals surface area contributed by atoms with Gasteiger partial charge in [-0.2, -0.15) is 5.26 Å². The third kappa shape index (κ3) is 1.77. The number of nitrogens with zero attached hydrogens (tertiary/aromatic N) is 1. The molecule has 1 aromatic carbocycles. The van der Waals surface area contributed by atoms with Gasteiger partial charge in [-0.25, -0.2) is 0 Å². The average molecular weight is 185 g/mol. The molecule has 0 amide bonds. The molecule has 0 bridgehead atoms. The van der Waals surface area contributed by atoms with Crippen LogP contribution in [0.3, 0.4) is 0 Å². The predicted octanol–water partition coefficient (Wildman–Crippen LogP) is 2.66. The van der Waals surface area contributed by atoms with Crippen LogP contribution < -0.4 is 4.74 Å². The minimum atomic E-state index is 0.604. The Balaban J connectivity index is 2.04. The zero-order valence-electron chi connectivity index (χ0n) is 7.86. The Morgan fingerprint density at radius 2 is 2.14 bits per heavy atom. The van der Waals surface area contributed by atoms with E-state index in [0.29, 0.717) is 17.9 Å². The summed E-state index contributed by atoms with van der Waals surface area (Å²) in [5.74, 6) is 0.683. The number of hydrogen-bond acceptors (Lipinski definition) is 2. The first-order valence-corrected chi connectivity index (χ1v) is 4.70. The Bertz CT molecular complexity index is 401. The highest BCUT2D eigenvalue weighted by Gasteiger charge is 2.07. The van der Waals surface area contributed by atoms with Gasteiger partial charge < -0.3 is 4.74 Å². The van der Waals surface area contributed by atoms with E-state index in [1.54, 1.807) is 6.07 Å². The summed E-state index contributed by atoms with van der Waals surface area (Å²) >= 11 is 0. The molecule has 14 heavy (non-hydrogen) atoms. The fourth-order valence-corrected chi connectivity index (χ4v) is 1.33. The van der Waals surface area contributed by atoms with Crippen molar-refractivity contribution in [1.29, 1.82) is 5.26 Å². The minimum absolute atomic E-state index is 0.604. The van der Waals surface area contributed by atoms with Gasteiger partial charge in [-0.15, -0.1) is 0 Å². The van der Waals surface area contributed by atoms with Crippen LogP contribution in [0.4, 0.5) is 0 Å². The van der Waals surface area contributed by atoms with Crippen molar-refractivity contribution in [2.24, 2.45) is 0 Å². The molecular formula is C12H11NO. The topological polar surface area (TPSA) is 33.0 Å². The van der Waals surface area contributed by atoms with Crippen molar-refractivity contribution in [3.8, 4) is 11.8 Å². The van der Waals surface area contributed by atoms with Crippen molar-refractivity contribution >= 4 is 0 Å². The highest BCUT2D eigenvalue weighted by molar-refractivity contribution is 5.42. The van der Waals surface area contributed by atoms with Crippen molar-refractivity contribution in [3.05, 3.63) is 41.5 Å². The fraction of sp³-hybridized carbons (Fsp3) is 0.250. The van der Waals surface area contributed by atoms with Crippen molar-refractivity contribution < 1.29 is 4.74 Å². The molecule has 0 saturated heterocycles. The second kappa shape index (κ2) is 3.97. The standard InChI is InChI=1S/C12H11NO/c13-8-11-6-1-2-7-12(11)14-9-10-4-3-5-10/h1-2,4,6-7H,3,5,9H2. The quantitative estimate of drug-likeness (QED) is 0.678. The first-order chi connectivity index (χ1) is 6.90. The molecule has 2 rings (SSSR count). The summed E-state index contributed by atoms with van der Waals surface area (Å²) in [6.07, 6.45) is 4.47. The van der Waals surface area contributed by atoms with E-state index in [0.717, 1.165) is 6.42 Å². The molecule has 2 heteroatoms. The Hall–Kier alpha value is -1.75. The zero-order chi connectivity index (χ0) is 9.80. The van der Waals surface area contributed by atoms with Gasteiger partial charge in [-0.05, 0) is 30.5 Å². The van der Waals surface area contributed by atoms with Crippen LogP contribution in [-0.4, -0.2) is 6.61 Å². The molecule has 0 spiro atoms. The second-order valence-electron chi connectivity index (χ2n) is 3.30. The van der Waals surface area contributed by atoms with Crippen LogP contribution in [0.2, 0.25) is 0 Å². The molecule has 1 aromatic rings. The summed E-state index contributed by atoms with van der Waals surface area (Å²) in [6.45, 7) is 0.624. The lowest BCUT2D eigenvalue weighted by Crippen LogP contribution is -2.06. The predicted molar refractivity (Wildman–Crippen MR) is 54.0 cm³/mol. The van der Waals surface area contributed by atoms with Crippen LogP contribution in [0.15, 0.2) is 35.9 Å². The van der Waals surface area contributed by atoms with Crippen molar-refractivity contribution in [1.82, 2.24) is 0 Å². The molecular weight excluding hydrogens is 174 g/mol. The smallest absolute Gasteiger partial charge is 0.137 e. The van der Waals surface area contributed by atoms with E-state index < -0.39 is 0 Å². The van der Waals surface area contributed by atoms with E-state index in [-0.39, 0.29) is 0 Å². The van der Waals surface area contributed by atoms with Gasteiger partial charge in [0.25, 0.3) is 0 Å². The minimum Gasteiger partial charge on any atom is -0.488 e. The van der Waals surface area contributed by atoms with Crippen LogP contribution in [0, 0.1) is 11.3 Å². The van der Waals surface area contributed by atoms with Gasteiger partial charge >= 0.3 is 0 Å². The summed E-state index contributed by atoms with van der Waals surface area (Å²) in [4.78, 5) is 0.